The number of carbonyl (C=O) groups excluding carboxylic acids is 1. The summed E-state index contributed by atoms with van der Waals surface area (Å²) in [5.41, 5.74) is 0. The Labute approximate surface area is 119 Å². The van der Waals surface area contributed by atoms with E-state index in [1.165, 1.54) is 12.8 Å². The molecule has 0 aliphatic rings. The molecule has 0 unspecified atom stereocenters. The van der Waals surface area contributed by atoms with Crippen LogP contribution in [0.2, 0.25) is 0 Å². The molecule has 0 aliphatic carbocycles. The van der Waals surface area contributed by atoms with E-state index in [0.29, 0.717) is 6.42 Å². The predicted octanol–water partition coefficient (Wildman–Crippen LogP) is 1.75. The van der Waals surface area contributed by atoms with Gasteiger partial charge in [-0.15, -0.1) is 0 Å². The lowest BCUT2D eigenvalue weighted by Gasteiger charge is -2.15. The number of hydrogen-bond acceptors (Lipinski definition) is 5. The van der Waals surface area contributed by atoms with Crippen LogP contribution >= 0.6 is 7.82 Å². The Bertz CT molecular complexity index is 302. The van der Waals surface area contributed by atoms with Crippen molar-refractivity contribution in [1.82, 2.24) is 0 Å². The van der Waals surface area contributed by atoms with Gasteiger partial charge in [0, 0.05) is 6.42 Å². The Morgan fingerprint density at radius 1 is 1.15 bits per heavy atom. The van der Waals surface area contributed by atoms with Crippen LogP contribution in [0, 0.1) is 0 Å². The number of aliphatic hydroxyl groups excluding tert-OH is 1. The number of aliphatic hydroxyl groups is 1. The lowest BCUT2D eigenvalue weighted by Crippen LogP contribution is -2.26. The Hall–Kier alpha value is -0.460. The van der Waals surface area contributed by atoms with Crippen LogP contribution in [0.15, 0.2) is 0 Å². The van der Waals surface area contributed by atoms with Crippen molar-refractivity contribution in [2.24, 2.45) is 0 Å². The zero-order chi connectivity index (χ0) is 15.4. The maximum Gasteiger partial charge on any atom is 0.469 e. The smallest absolute Gasteiger partial charge is 0.457 e. The lowest BCUT2D eigenvalue weighted by atomic mass is 10.1. The summed E-state index contributed by atoms with van der Waals surface area (Å²) in [6.45, 7) is 1.07. The van der Waals surface area contributed by atoms with Crippen molar-refractivity contribution in [2.75, 3.05) is 13.2 Å². The molecule has 20 heavy (non-hydrogen) atoms. The number of unbranched alkanes of at least 4 members (excludes halogenated alkanes) is 5. The fourth-order valence-electron chi connectivity index (χ4n) is 1.60. The van der Waals surface area contributed by atoms with E-state index in [1.54, 1.807) is 0 Å². The van der Waals surface area contributed by atoms with Crippen molar-refractivity contribution < 1.29 is 33.5 Å². The first-order valence-electron chi connectivity index (χ1n) is 6.89. The highest BCUT2D eigenvalue weighted by Gasteiger charge is 2.20. The molecule has 0 spiro atoms. The molecule has 120 valence electrons. The van der Waals surface area contributed by atoms with Gasteiger partial charge in [0.2, 0.25) is 0 Å². The number of rotatable bonds is 12. The van der Waals surface area contributed by atoms with Crippen molar-refractivity contribution in [2.45, 2.75) is 58.0 Å². The van der Waals surface area contributed by atoms with Crippen LogP contribution in [-0.4, -0.2) is 40.2 Å². The SMILES string of the molecule is CCCCCCCCC(=O)O[C@H](CO)COP(=O)(O)O. The van der Waals surface area contributed by atoms with Gasteiger partial charge in [-0.25, -0.2) is 4.57 Å². The fourth-order valence-corrected chi connectivity index (χ4v) is 1.96. The molecule has 0 bridgehead atoms. The van der Waals surface area contributed by atoms with Crippen molar-refractivity contribution >= 4 is 13.8 Å². The van der Waals surface area contributed by atoms with Gasteiger partial charge in [0.25, 0.3) is 0 Å². The largest absolute Gasteiger partial charge is 0.469 e. The van der Waals surface area contributed by atoms with E-state index < -0.39 is 33.1 Å². The zero-order valence-electron chi connectivity index (χ0n) is 11.9. The topological polar surface area (TPSA) is 113 Å². The summed E-state index contributed by atoms with van der Waals surface area (Å²) in [6.07, 6.45) is 5.43. The first-order chi connectivity index (χ1) is 9.39. The molecule has 0 amide bonds. The van der Waals surface area contributed by atoms with Gasteiger partial charge in [0.15, 0.2) is 0 Å². The third kappa shape index (κ3) is 12.6. The number of hydrogen-bond donors (Lipinski definition) is 3. The average molecular weight is 312 g/mol. The van der Waals surface area contributed by atoms with E-state index >= 15 is 0 Å². The van der Waals surface area contributed by atoms with Gasteiger partial charge in [0.1, 0.15) is 6.10 Å². The van der Waals surface area contributed by atoms with Crippen LogP contribution in [0.5, 0.6) is 0 Å². The molecule has 0 aromatic carbocycles. The predicted molar refractivity (Wildman–Crippen MR) is 73.0 cm³/mol. The molecular formula is C12H25O7P. The minimum Gasteiger partial charge on any atom is -0.457 e. The zero-order valence-corrected chi connectivity index (χ0v) is 12.8. The summed E-state index contributed by atoms with van der Waals surface area (Å²) in [7, 11) is -4.62. The molecular weight excluding hydrogens is 287 g/mol. The minimum absolute atomic E-state index is 0.235. The van der Waals surface area contributed by atoms with Gasteiger partial charge in [-0.2, -0.15) is 0 Å². The molecule has 0 heterocycles. The summed E-state index contributed by atoms with van der Waals surface area (Å²) < 4.78 is 19.5. The molecule has 8 heteroatoms. The summed E-state index contributed by atoms with van der Waals surface area (Å²) in [5, 5.41) is 8.93. The third-order valence-electron chi connectivity index (χ3n) is 2.66. The standard InChI is InChI=1S/C12H25O7P/c1-2-3-4-5-6-7-8-12(14)19-11(9-13)10-18-20(15,16)17/h11,13H,2-10H2,1H3,(H2,15,16,17)/t11-/m1/s1. The molecule has 0 radical (unpaired) electrons. The van der Waals surface area contributed by atoms with Crippen LogP contribution in [0.4, 0.5) is 0 Å². The third-order valence-corrected chi connectivity index (χ3v) is 3.15. The van der Waals surface area contributed by atoms with E-state index in [0.717, 1.165) is 19.3 Å². The first-order valence-corrected chi connectivity index (χ1v) is 8.42. The molecule has 3 N–H and O–H groups in total. The molecule has 7 nitrogen and oxygen atoms in total. The van der Waals surface area contributed by atoms with Crippen molar-refractivity contribution in [3.8, 4) is 0 Å². The van der Waals surface area contributed by atoms with Gasteiger partial charge in [-0.05, 0) is 6.42 Å². The normalized spacial score (nSPS) is 13.2. The number of phosphoric acid groups is 1. The van der Waals surface area contributed by atoms with Crippen molar-refractivity contribution in [3.05, 3.63) is 0 Å². The fraction of sp³-hybridized carbons (Fsp3) is 0.917. The molecule has 0 fully saturated rings. The Morgan fingerprint density at radius 3 is 2.30 bits per heavy atom. The average Bonchev–Trinajstić information content (AvgIpc) is 2.37. The highest BCUT2D eigenvalue weighted by molar-refractivity contribution is 7.46. The molecule has 1 atom stereocenters. The molecule has 0 rings (SSSR count). The summed E-state index contributed by atoms with van der Waals surface area (Å²) in [5.74, 6) is -0.492. The quantitative estimate of drug-likeness (QED) is 0.286. The van der Waals surface area contributed by atoms with E-state index in [9.17, 15) is 9.36 Å². The Kier molecular flexibility index (Phi) is 11.0. The van der Waals surface area contributed by atoms with Gasteiger partial charge in [-0.1, -0.05) is 39.0 Å². The van der Waals surface area contributed by atoms with E-state index in [-0.39, 0.29) is 6.42 Å². The Morgan fingerprint density at radius 2 is 1.75 bits per heavy atom. The van der Waals surface area contributed by atoms with Crippen LogP contribution in [-0.2, 0) is 18.6 Å². The first kappa shape index (κ1) is 19.5. The van der Waals surface area contributed by atoms with Crippen LogP contribution < -0.4 is 0 Å². The van der Waals surface area contributed by atoms with Gasteiger partial charge >= 0.3 is 13.8 Å². The molecule has 0 saturated heterocycles. The van der Waals surface area contributed by atoms with E-state index in [1.807, 2.05) is 0 Å². The maximum absolute atomic E-state index is 11.4. The summed E-state index contributed by atoms with van der Waals surface area (Å²) >= 11 is 0. The van der Waals surface area contributed by atoms with E-state index in [4.69, 9.17) is 19.6 Å². The van der Waals surface area contributed by atoms with Crippen LogP contribution in [0.25, 0.3) is 0 Å². The summed E-state index contributed by atoms with van der Waals surface area (Å²) in [4.78, 5) is 28.5. The van der Waals surface area contributed by atoms with Gasteiger partial charge < -0.3 is 19.6 Å². The molecule has 0 aromatic heterocycles. The van der Waals surface area contributed by atoms with Gasteiger partial charge in [0.05, 0.1) is 13.2 Å². The highest BCUT2D eigenvalue weighted by Crippen LogP contribution is 2.35. The maximum atomic E-state index is 11.4. The highest BCUT2D eigenvalue weighted by atomic mass is 31.2. The molecule has 0 aromatic rings. The van der Waals surface area contributed by atoms with Crippen LogP contribution in [0.3, 0.4) is 0 Å². The lowest BCUT2D eigenvalue weighted by molar-refractivity contribution is -0.153. The number of esters is 1. The Balaban J connectivity index is 3.73. The number of carbonyl (C=O) groups is 1. The minimum atomic E-state index is -4.62. The number of phosphoric ester groups is 1. The second kappa shape index (κ2) is 11.2. The summed E-state index contributed by atoms with van der Waals surface area (Å²) in [6, 6.07) is 0. The van der Waals surface area contributed by atoms with Gasteiger partial charge in [-0.3, -0.25) is 9.32 Å². The molecule has 0 aliphatic heterocycles. The second-order valence-corrected chi connectivity index (χ2v) is 5.84. The monoisotopic (exact) mass is 312 g/mol. The van der Waals surface area contributed by atoms with Crippen LogP contribution in [0.1, 0.15) is 51.9 Å². The van der Waals surface area contributed by atoms with E-state index in [2.05, 4.69) is 11.4 Å². The molecule has 0 saturated carbocycles. The number of ether oxygens (including phenoxy) is 1. The van der Waals surface area contributed by atoms with Crippen molar-refractivity contribution in [3.63, 3.8) is 0 Å². The van der Waals surface area contributed by atoms with Crippen molar-refractivity contribution in [1.29, 1.82) is 0 Å². The second-order valence-electron chi connectivity index (χ2n) is 4.60.